The molecule has 5 nitrogen and oxygen atoms in total. The van der Waals surface area contributed by atoms with Gasteiger partial charge in [0.15, 0.2) is 0 Å². The zero-order valence-electron chi connectivity index (χ0n) is 18.9. The third-order valence-corrected chi connectivity index (χ3v) is 5.43. The van der Waals surface area contributed by atoms with Crippen molar-refractivity contribution in [3.05, 3.63) is 76.8 Å². The number of pyridine rings is 1. The second-order valence-corrected chi connectivity index (χ2v) is 8.01. The van der Waals surface area contributed by atoms with Crippen LogP contribution < -0.4 is 5.32 Å². The smallest absolute Gasteiger partial charge is 0.254 e. The number of carbonyl (C=O) groups is 1. The molecule has 2 atom stereocenters. The van der Waals surface area contributed by atoms with Gasteiger partial charge in [0.05, 0.1) is 6.04 Å². The number of hydrogen-bond donors (Lipinski definition) is 1. The van der Waals surface area contributed by atoms with Crippen molar-refractivity contribution in [1.82, 2.24) is 15.2 Å². The number of rotatable bonds is 11. The first kappa shape index (κ1) is 24.6. The predicted molar refractivity (Wildman–Crippen MR) is 129 cm³/mol. The van der Waals surface area contributed by atoms with Crippen molar-refractivity contribution in [2.45, 2.75) is 58.5 Å². The quantitative estimate of drug-likeness (QED) is 0.358. The molecule has 1 aromatic heterocycles. The van der Waals surface area contributed by atoms with Gasteiger partial charge < -0.3 is 10.2 Å². The molecule has 0 aliphatic heterocycles. The molecule has 2 aromatic rings. The molecule has 1 heterocycles. The molecule has 1 unspecified atom stereocenters. The number of halogens is 1. The van der Waals surface area contributed by atoms with Crippen LogP contribution in [0.4, 0.5) is 0 Å². The second kappa shape index (κ2) is 12.9. The Morgan fingerprint density at radius 2 is 2.00 bits per heavy atom. The van der Waals surface area contributed by atoms with Crippen molar-refractivity contribution < 1.29 is 4.79 Å². The SMILES string of the molecule is CC/C=N\C(Cl)=C/N[C@@H](CCC)Cc1ccc(C(=O)N(C)C(C)c2cccnc2)cc1. The highest BCUT2D eigenvalue weighted by molar-refractivity contribution is 6.29. The summed E-state index contributed by atoms with van der Waals surface area (Å²) in [5.41, 5.74) is 2.87. The summed E-state index contributed by atoms with van der Waals surface area (Å²) in [4.78, 5) is 23.0. The van der Waals surface area contributed by atoms with Crippen molar-refractivity contribution in [1.29, 1.82) is 0 Å². The van der Waals surface area contributed by atoms with Crippen LogP contribution in [0, 0.1) is 0 Å². The Morgan fingerprint density at radius 1 is 1.26 bits per heavy atom. The summed E-state index contributed by atoms with van der Waals surface area (Å²) in [6, 6.07) is 11.9. The molecule has 0 aliphatic carbocycles. The van der Waals surface area contributed by atoms with E-state index in [0.717, 1.165) is 31.2 Å². The molecular formula is C25H33ClN4O. The van der Waals surface area contributed by atoms with Crippen LogP contribution in [-0.4, -0.2) is 35.1 Å². The number of nitrogens with one attached hydrogen (secondary N) is 1. The summed E-state index contributed by atoms with van der Waals surface area (Å²) < 4.78 is 0. The average molecular weight is 441 g/mol. The lowest BCUT2D eigenvalue weighted by Gasteiger charge is -2.25. The summed E-state index contributed by atoms with van der Waals surface area (Å²) in [7, 11) is 1.83. The minimum atomic E-state index is -0.0501. The summed E-state index contributed by atoms with van der Waals surface area (Å²) in [5, 5.41) is 3.83. The zero-order chi connectivity index (χ0) is 22.6. The Kier molecular flexibility index (Phi) is 10.2. The lowest BCUT2D eigenvalue weighted by molar-refractivity contribution is 0.0742. The number of carbonyl (C=O) groups excluding carboxylic acids is 1. The third-order valence-electron chi connectivity index (χ3n) is 5.22. The molecule has 0 aliphatic rings. The molecule has 0 spiro atoms. The number of hydrogen-bond acceptors (Lipinski definition) is 4. The standard InChI is InChI=1S/C25H33ClN4O/c1-5-8-23(29-18-24(26)28-14-6-2)16-20-10-12-21(13-11-20)25(31)30(4)19(3)22-9-7-15-27-17-22/h7,9-15,17-19,23,29H,5-6,8,16H2,1-4H3/b24-18-,28-14-/t19?,23-/m0/s1. The maximum atomic E-state index is 12.9. The van der Waals surface area contributed by atoms with Gasteiger partial charge in [0.2, 0.25) is 0 Å². The normalized spacial score (nSPS) is 13.8. The van der Waals surface area contributed by atoms with E-state index in [1.165, 1.54) is 5.56 Å². The van der Waals surface area contributed by atoms with Gasteiger partial charge in [-0.05, 0) is 55.5 Å². The highest BCUT2D eigenvalue weighted by Crippen LogP contribution is 2.20. The highest BCUT2D eigenvalue weighted by Gasteiger charge is 2.19. The molecule has 0 fully saturated rings. The van der Waals surface area contributed by atoms with E-state index in [-0.39, 0.29) is 18.0 Å². The van der Waals surface area contributed by atoms with Crippen LogP contribution in [0.1, 0.15) is 67.6 Å². The second-order valence-electron chi connectivity index (χ2n) is 7.62. The summed E-state index contributed by atoms with van der Waals surface area (Å²) >= 11 is 6.12. The minimum absolute atomic E-state index is 0.00497. The molecule has 0 bridgehead atoms. The van der Waals surface area contributed by atoms with Crippen molar-refractivity contribution in [3.63, 3.8) is 0 Å². The van der Waals surface area contributed by atoms with Gasteiger partial charge in [0.1, 0.15) is 5.16 Å². The van der Waals surface area contributed by atoms with Gasteiger partial charge >= 0.3 is 0 Å². The van der Waals surface area contributed by atoms with Crippen LogP contribution in [0.15, 0.2) is 65.1 Å². The van der Waals surface area contributed by atoms with E-state index in [1.807, 2.05) is 57.3 Å². The van der Waals surface area contributed by atoms with E-state index >= 15 is 0 Å². The minimum Gasteiger partial charge on any atom is -0.385 e. The molecule has 6 heteroatoms. The van der Waals surface area contributed by atoms with E-state index in [1.54, 1.807) is 29.7 Å². The topological polar surface area (TPSA) is 57.6 Å². The van der Waals surface area contributed by atoms with Crippen LogP contribution in [0.25, 0.3) is 0 Å². The molecule has 31 heavy (non-hydrogen) atoms. The highest BCUT2D eigenvalue weighted by atomic mass is 35.5. The van der Waals surface area contributed by atoms with E-state index in [2.05, 4.69) is 22.2 Å². The Labute approximate surface area is 191 Å². The van der Waals surface area contributed by atoms with Gasteiger partial charge in [-0.3, -0.25) is 9.78 Å². The molecule has 0 saturated heterocycles. The van der Waals surface area contributed by atoms with Gasteiger partial charge in [0, 0.05) is 43.5 Å². The first-order chi connectivity index (χ1) is 15.0. The first-order valence-electron chi connectivity index (χ1n) is 10.9. The van der Waals surface area contributed by atoms with Gasteiger partial charge in [-0.2, -0.15) is 0 Å². The van der Waals surface area contributed by atoms with Crippen LogP contribution in [0.2, 0.25) is 0 Å². The van der Waals surface area contributed by atoms with Gasteiger partial charge in [0.25, 0.3) is 5.91 Å². The summed E-state index contributed by atoms with van der Waals surface area (Å²) in [6.45, 7) is 6.19. The fourth-order valence-corrected chi connectivity index (χ4v) is 3.42. The van der Waals surface area contributed by atoms with E-state index in [4.69, 9.17) is 11.6 Å². The van der Waals surface area contributed by atoms with Crippen molar-refractivity contribution in [3.8, 4) is 0 Å². The molecule has 2 rings (SSSR count). The number of nitrogens with zero attached hydrogens (tertiary/aromatic N) is 3. The summed E-state index contributed by atoms with van der Waals surface area (Å²) in [5.74, 6) is -0.00497. The predicted octanol–water partition coefficient (Wildman–Crippen LogP) is 5.73. The Balaban J connectivity index is 2.02. The van der Waals surface area contributed by atoms with Crippen LogP contribution >= 0.6 is 11.6 Å². The number of aliphatic imine (C=N–C) groups is 1. The zero-order valence-corrected chi connectivity index (χ0v) is 19.6. The van der Waals surface area contributed by atoms with Gasteiger partial charge in [-0.25, -0.2) is 4.99 Å². The maximum absolute atomic E-state index is 12.9. The van der Waals surface area contributed by atoms with E-state index in [9.17, 15) is 4.79 Å². The van der Waals surface area contributed by atoms with Crippen molar-refractivity contribution >= 4 is 23.7 Å². The number of amides is 1. The Morgan fingerprint density at radius 3 is 2.61 bits per heavy atom. The Bertz CT molecular complexity index is 865. The number of benzene rings is 1. The lowest BCUT2D eigenvalue weighted by Crippen LogP contribution is -2.30. The maximum Gasteiger partial charge on any atom is 0.254 e. The fraction of sp³-hybridized carbons (Fsp3) is 0.400. The third kappa shape index (κ3) is 7.83. The number of aromatic nitrogens is 1. The van der Waals surface area contributed by atoms with Gasteiger partial charge in [-0.15, -0.1) is 0 Å². The largest absolute Gasteiger partial charge is 0.385 e. The molecule has 0 radical (unpaired) electrons. The average Bonchev–Trinajstić information content (AvgIpc) is 2.81. The van der Waals surface area contributed by atoms with Crippen LogP contribution in [0.3, 0.4) is 0 Å². The van der Waals surface area contributed by atoms with Crippen molar-refractivity contribution in [2.75, 3.05) is 7.05 Å². The molecule has 166 valence electrons. The van der Waals surface area contributed by atoms with Crippen LogP contribution in [-0.2, 0) is 6.42 Å². The van der Waals surface area contributed by atoms with E-state index < -0.39 is 0 Å². The van der Waals surface area contributed by atoms with Gasteiger partial charge in [-0.1, -0.05) is 50.1 Å². The Hall–Kier alpha value is -2.66. The lowest BCUT2D eigenvalue weighted by atomic mass is 10.0. The van der Waals surface area contributed by atoms with Crippen LogP contribution in [0.5, 0.6) is 0 Å². The van der Waals surface area contributed by atoms with E-state index in [0.29, 0.717) is 10.7 Å². The molecular weight excluding hydrogens is 408 g/mol. The fourth-order valence-electron chi connectivity index (χ4n) is 3.29. The molecule has 1 N–H and O–H groups in total. The molecule has 1 aromatic carbocycles. The monoisotopic (exact) mass is 440 g/mol. The van der Waals surface area contributed by atoms with Crippen molar-refractivity contribution in [2.24, 2.45) is 4.99 Å². The first-order valence-corrected chi connectivity index (χ1v) is 11.2. The summed E-state index contributed by atoms with van der Waals surface area (Å²) in [6.07, 6.45) is 10.9. The molecule has 1 amide bonds. The molecule has 0 saturated carbocycles.